The first kappa shape index (κ1) is 17.6. The van der Waals surface area contributed by atoms with E-state index in [1.165, 1.54) is 4.90 Å². The number of nitrogens with zero attached hydrogens (tertiary/aromatic N) is 1. The summed E-state index contributed by atoms with van der Waals surface area (Å²) in [7, 11) is 0. The van der Waals surface area contributed by atoms with Crippen LogP contribution in [-0.2, 0) is 10.9 Å². The first-order chi connectivity index (χ1) is 10.5. The second-order valence-electron chi connectivity index (χ2n) is 6.60. The molecule has 1 aliphatic heterocycles. The second-order valence-corrected chi connectivity index (χ2v) is 6.60. The van der Waals surface area contributed by atoms with Crippen LogP contribution in [0.1, 0.15) is 50.8 Å². The van der Waals surface area contributed by atoms with Gasteiger partial charge in [0.05, 0.1) is 11.6 Å². The third-order valence-electron chi connectivity index (χ3n) is 3.51. The maximum absolute atomic E-state index is 13.6. The predicted molar refractivity (Wildman–Crippen MR) is 76.3 cm³/mol. The van der Waals surface area contributed by atoms with Crippen LogP contribution < -0.4 is 0 Å². The first-order valence-corrected chi connectivity index (χ1v) is 7.35. The molecule has 7 heteroatoms. The molecule has 1 fully saturated rings. The van der Waals surface area contributed by atoms with Crippen molar-refractivity contribution in [1.82, 2.24) is 4.90 Å². The van der Waals surface area contributed by atoms with Crippen LogP contribution in [-0.4, -0.2) is 23.1 Å². The molecule has 23 heavy (non-hydrogen) atoms. The number of carbonyl (C=O) groups is 1. The molecule has 0 aromatic heterocycles. The zero-order valence-corrected chi connectivity index (χ0v) is 13.2. The number of hydrogen-bond acceptors (Lipinski definition) is 2. The standard InChI is InChI=1S/C16H19F4NO2/c1-15(2,3)23-14(22)21-6-4-5-13(21)10-7-11(16(18,19)20)9-12(17)8-10/h7-9,13H,4-6H2,1-3H3. The Hall–Kier alpha value is -1.79. The molecular formula is C16H19F4NO2. The smallest absolute Gasteiger partial charge is 0.416 e. The number of amides is 1. The van der Waals surface area contributed by atoms with Crippen molar-refractivity contribution in [1.29, 1.82) is 0 Å². The van der Waals surface area contributed by atoms with E-state index in [0.717, 1.165) is 12.1 Å². The fourth-order valence-corrected chi connectivity index (χ4v) is 2.62. The van der Waals surface area contributed by atoms with Crippen LogP contribution in [0.5, 0.6) is 0 Å². The summed E-state index contributed by atoms with van der Waals surface area (Å²) < 4.78 is 57.4. The van der Waals surface area contributed by atoms with Crippen LogP contribution in [0.25, 0.3) is 0 Å². The predicted octanol–water partition coefficient (Wildman–Crippen LogP) is 4.92. The van der Waals surface area contributed by atoms with Crippen LogP contribution in [0.15, 0.2) is 18.2 Å². The van der Waals surface area contributed by atoms with E-state index >= 15 is 0 Å². The van der Waals surface area contributed by atoms with Crippen molar-refractivity contribution in [3.05, 3.63) is 35.1 Å². The van der Waals surface area contributed by atoms with Crippen molar-refractivity contribution in [3.8, 4) is 0 Å². The van der Waals surface area contributed by atoms with E-state index < -0.39 is 35.3 Å². The lowest BCUT2D eigenvalue weighted by Crippen LogP contribution is -2.36. The Balaban J connectivity index is 2.30. The van der Waals surface area contributed by atoms with Crippen LogP contribution in [0.2, 0.25) is 0 Å². The number of likely N-dealkylation sites (tertiary alicyclic amines) is 1. The van der Waals surface area contributed by atoms with E-state index in [2.05, 4.69) is 0 Å². The minimum atomic E-state index is -4.63. The van der Waals surface area contributed by atoms with Gasteiger partial charge in [0.1, 0.15) is 11.4 Å². The quantitative estimate of drug-likeness (QED) is 0.683. The molecule has 1 aromatic carbocycles. The van der Waals surface area contributed by atoms with E-state index in [1.54, 1.807) is 20.8 Å². The van der Waals surface area contributed by atoms with Crippen LogP contribution in [0, 0.1) is 5.82 Å². The highest BCUT2D eigenvalue weighted by Crippen LogP contribution is 2.37. The van der Waals surface area contributed by atoms with Gasteiger partial charge >= 0.3 is 12.3 Å². The molecule has 2 rings (SSSR count). The number of ether oxygens (including phenoxy) is 1. The van der Waals surface area contributed by atoms with Crippen LogP contribution in [0.4, 0.5) is 22.4 Å². The lowest BCUT2D eigenvalue weighted by Gasteiger charge is -2.29. The molecule has 0 bridgehead atoms. The normalized spacial score (nSPS) is 19.1. The van der Waals surface area contributed by atoms with Gasteiger partial charge in [-0.1, -0.05) is 0 Å². The number of halogens is 4. The van der Waals surface area contributed by atoms with Gasteiger partial charge in [-0.15, -0.1) is 0 Å². The summed E-state index contributed by atoms with van der Waals surface area (Å²) in [6, 6.07) is 1.79. The topological polar surface area (TPSA) is 29.5 Å². The van der Waals surface area contributed by atoms with E-state index in [4.69, 9.17) is 4.74 Å². The summed E-state index contributed by atoms with van der Waals surface area (Å²) in [5, 5.41) is 0. The summed E-state index contributed by atoms with van der Waals surface area (Å²) in [4.78, 5) is 13.6. The molecule has 0 spiro atoms. The monoisotopic (exact) mass is 333 g/mol. The molecule has 1 saturated heterocycles. The zero-order valence-electron chi connectivity index (χ0n) is 13.2. The summed E-state index contributed by atoms with van der Waals surface area (Å²) in [5.74, 6) is -0.967. The Morgan fingerprint density at radius 2 is 1.87 bits per heavy atom. The van der Waals surface area contributed by atoms with Crippen molar-refractivity contribution >= 4 is 6.09 Å². The van der Waals surface area contributed by atoms with E-state index in [0.29, 0.717) is 25.5 Å². The van der Waals surface area contributed by atoms with Gasteiger partial charge in [0, 0.05) is 6.54 Å². The summed E-state index contributed by atoms with van der Waals surface area (Å²) in [5.41, 5.74) is -1.62. The van der Waals surface area contributed by atoms with Gasteiger partial charge in [-0.2, -0.15) is 13.2 Å². The number of hydrogen-bond donors (Lipinski definition) is 0. The third-order valence-corrected chi connectivity index (χ3v) is 3.51. The van der Waals surface area contributed by atoms with Gasteiger partial charge in [0.2, 0.25) is 0 Å². The Morgan fingerprint density at radius 1 is 1.22 bits per heavy atom. The lowest BCUT2D eigenvalue weighted by atomic mass is 10.0. The van der Waals surface area contributed by atoms with E-state index in [1.807, 2.05) is 0 Å². The van der Waals surface area contributed by atoms with Gasteiger partial charge < -0.3 is 9.64 Å². The molecule has 0 N–H and O–H groups in total. The number of benzene rings is 1. The molecule has 1 amide bonds. The number of alkyl halides is 3. The molecule has 0 saturated carbocycles. The number of rotatable bonds is 1. The molecule has 1 aliphatic rings. The fourth-order valence-electron chi connectivity index (χ4n) is 2.62. The lowest BCUT2D eigenvalue weighted by molar-refractivity contribution is -0.137. The summed E-state index contributed by atoms with van der Waals surface area (Å²) >= 11 is 0. The van der Waals surface area contributed by atoms with Gasteiger partial charge in [-0.25, -0.2) is 9.18 Å². The highest BCUT2D eigenvalue weighted by atomic mass is 19.4. The molecule has 3 nitrogen and oxygen atoms in total. The maximum atomic E-state index is 13.6. The molecule has 0 radical (unpaired) electrons. The minimum Gasteiger partial charge on any atom is -0.444 e. The number of carbonyl (C=O) groups excluding carboxylic acids is 1. The van der Waals surface area contributed by atoms with E-state index in [9.17, 15) is 22.4 Å². The van der Waals surface area contributed by atoms with Crippen molar-refractivity contribution in [2.45, 2.75) is 51.4 Å². The first-order valence-electron chi connectivity index (χ1n) is 7.35. The molecule has 1 heterocycles. The molecule has 1 aromatic rings. The molecule has 128 valence electrons. The largest absolute Gasteiger partial charge is 0.444 e. The van der Waals surface area contributed by atoms with Crippen molar-refractivity contribution in [2.24, 2.45) is 0 Å². The third kappa shape index (κ3) is 4.36. The Morgan fingerprint density at radius 3 is 2.43 bits per heavy atom. The summed E-state index contributed by atoms with van der Waals surface area (Å²) in [6.07, 6.45) is -4.13. The Kier molecular flexibility index (Phi) is 4.59. The second kappa shape index (κ2) is 6.02. The molecule has 0 aliphatic carbocycles. The van der Waals surface area contributed by atoms with Crippen molar-refractivity contribution in [2.75, 3.05) is 6.54 Å². The van der Waals surface area contributed by atoms with Gasteiger partial charge in [-0.05, 0) is 57.4 Å². The van der Waals surface area contributed by atoms with E-state index in [-0.39, 0.29) is 5.56 Å². The summed E-state index contributed by atoms with van der Waals surface area (Å²) in [6.45, 7) is 5.50. The Bertz CT molecular complexity index is 593. The molecule has 1 atom stereocenters. The minimum absolute atomic E-state index is 0.140. The highest BCUT2D eigenvalue weighted by molar-refractivity contribution is 5.69. The van der Waals surface area contributed by atoms with Crippen molar-refractivity contribution < 1.29 is 27.1 Å². The van der Waals surface area contributed by atoms with Crippen LogP contribution >= 0.6 is 0 Å². The highest BCUT2D eigenvalue weighted by Gasteiger charge is 2.36. The van der Waals surface area contributed by atoms with Gasteiger partial charge in [0.25, 0.3) is 0 Å². The average Bonchev–Trinajstić information content (AvgIpc) is 2.84. The SMILES string of the molecule is CC(C)(C)OC(=O)N1CCCC1c1cc(F)cc(C(F)(F)F)c1. The Labute approximate surface area is 132 Å². The average molecular weight is 333 g/mol. The van der Waals surface area contributed by atoms with Crippen molar-refractivity contribution in [3.63, 3.8) is 0 Å². The zero-order chi connectivity index (χ0) is 17.4. The van der Waals surface area contributed by atoms with Gasteiger partial charge in [0.15, 0.2) is 0 Å². The maximum Gasteiger partial charge on any atom is 0.416 e. The fraction of sp³-hybridized carbons (Fsp3) is 0.562. The molecular weight excluding hydrogens is 314 g/mol. The van der Waals surface area contributed by atoms with Crippen LogP contribution in [0.3, 0.4) is 0 Å². The molecule has 1 unspecified atom stereocenters. The van der Waals surface area contributed by atoms with Gasteiger partial charge in [-0.3, -0.25) is 0 Å².